The van der Waals surface area contributed by atoms with Gasteiger partial charge in [0.2, 0.25) is 0 Å². The number of amides is 2. The quantitative estimate of drug-likeness (QED) is 0.759. The van der Waals surface area contributed by atoms with Crippen LogP contribution in [0.3, 0.4) is 0 Å². The van der Waals surface area contributed by atoms with Crippen molar-refractivity contribution in [2.24, 2.45) is 17.8 Å². The Morgan fingerprint density at radius 1 is 1.07 bits per heavy atom. The average Bonchev–Trinajstić information content (AvgIpc) is 2.64. The second-order valence-electron chi connectivity index (χ2n) is 8.95. The average molecular weight is 372 g/mol. The zero-order chi connectivity index (χ0) is 18.4. The minimum Gasteiger partial charge on any atom is -0.486 e. The summed E-state index contributed by atoms with van der Waals surface area (Å²) in [5.41, 5.74) is 0.704. The van der Waals surface area contributed by atoms with Crippen LogP contribution in [0.2, 0.25) is 0 Å². The molecular formula is C21H28N2O4. The van der Waals surface area contributed by atoms with E-state index in [0.717, 1.165) is 37.0 Å². The first-order chi connectivity index (χ1) is 13.1. The monoisotopic (exact) mass is 372 g/mol. The van der Waals surface area contributed by atoms with Gasteiger partial charge in [-0.15, -0.1) is 0 Å². The van der Waals surface area contributed by atoms with Gasteiger partial charge in [-0.05, 0) is 74.0 Å². The summed E-state index contributed by atoms with van der Waals surface area (Å²) in [6, 6.07) is 5.26. The van der Waals surface area contributed by atoms with Crippen molar-refractivity contribution in [3.63, 3.8) is 0 Å². The molecule has 1 aromatic carbocycles. The molecule has 3 N–H and O–H groups in total. The number of hydrogen-bond acceptors (Lipinski definition) is 4. The third kappa shape index (κ3) is 3.35. The van der Waals surface area contributed by atoms with Gasteiger partial charge >= 0.3 is 6.03 Å². The fourth-order valence-electron chi connectivity index (χ4n) is 6.12. The molecule has 4 saturated carbocycles. The smallest absolute Gasteiger partial charge is 0.315 e. The summed E-state index contributed by atoms with van der Waals surface area (Å²) < 4.78 is 11.1. The highest BCUT2D eigenvalue weighted by atomic mass is 16.6. The fourth-order valence-corrected chi connectivity index (χ4v) is 6.12. The molecule has 4 fully saturated rings. The Bertz CT molecular complexity index is 700. The molecule has 6 nitrogen and oxygen atoms in total. The topological polar surface area (TPSA) is 79.8 Å². The van der Waals surface area contributed by atoms with Crippen LogP contribution in [0.15, 0.2) is 18.2 Å². The van der Waals surface area contributed by atoms with E-state index in [1.807, 2.05) is 12.1 Å². The van der Waals surface area contributed by atoms with Gasteiger partial charge in [0.25, 0.3) is 0 Å². The predicted octanol–water partition coefficient (Wildman–Crippen LogP) is 2.76. The summed E-state index contributed by atoms with van der Waals surface area (Å²) in [5, 5.41) is 16.6. The van der Waals surface area contributed by atoms with E-state index < -0.39 is 6.10 Å². The molecule has 2 amide bonds. The van der Waals surface area contributed by atoms with E-state index in [1.165, 1.54) is 19.3 Å². The molecule has 1 atom stereocenters. The Labute approximate surface area is 159 Å². The van der Waals surface area contributed by atoms with Gasteiger partial charge in [-0.25, -0.2) is 4.79 Å². The van der Waals surface area contributed by atoms with Crippen molar-refractivity contribution >= 4 is 6.03 Å². The van der Waals surface area contributed by atoms with E-state index >= 15 is 0 Å². The van der Waals surface area contributed by atoms with Gasteiger partial charge in [-0.1, -0.05) is 6.07 Å². The van der Waals surface area contributed by atoms with Gasteiger partial charge in [-0.3, -0.25) is 0 Å². The summed E-state index contributed by atoms with van der Waals surface area (Å²) in [6.07, 6.45) is 6.65. The number of benzene rings is 1. The molecule has 0 saturated heterocycles. The van der Waals surface area contributed by atoms with Crippen LogP contribution in [0.1, 0.15) is 50.2 Å². The Morgan fingerprint density at radius 3 is 2.37 bits per heavy atom. The zero-order valence-electron chi connectivity index (χ0n) is 15.6. The van der Waals surface area contributed by atoms with Crippen LogP contribution < -0.4 is 20.1 Å². The predicted molar refractivity (Wildman–Crippen MR) is 99.8 cm³/mol. The first kappa shape index (κ1) is 17.2. The van der Waals surface area contributed by atoms with Crippen LogP contribution in [0.25, 0.3) is 0 Å². The highest BCUT2D eigenvalue weighted by Crippen LogP contribution is 2.55. The van der Waals surface area contributed by atoms with E-state index in [2.05, 4.69) is 10.6 Å². The van der Waals surface area contributed by atoms with E-state index in [1.54, 1.807) is 6.07 Å². The molecule has 27 heavy (non-hydrogen) atoms. The Balaban J connectivity index is 1.17. The number of fused-ring (bicyclic) bond motifs is 1. The van der Waals surface area contributed by atoms with Crippen molar-refractivity contribution in [2.75, 3.05) is 19.8 Å². The van der Waals surface area contributed by atoms with Crippen LogP contribution in [0.5, 0.6) is 11.5 Å². The van der Waals surface area contributed by atoms with Crippen LogP contribution in [-0.2, 0) is 0 Å². The van der Waals surface area contributed by atoms with E-state index in [-0.39, 0.29) is 18.1 Å². The minimum atomic E-state index is -0.775. The number of aliphatic hydroxyl groups excluding tert-OH is 1. The van der Waals surface area contributed by atoms with E-state index in [9.17, 15) is 9.90 Å². The third-order valence-electron chi connectivity index (χ3n) is 6.82. The standard InChI is InChI=1S/C21H28N2O4/c24-17(16-1-2-18-19(8-16)27-4-3-26-18)12-22-20(25)23-21-9-13-5-14(10-21)7-15(6-13)11-21/h1-2,8,13-15,17,24H,3-7,9-12H2,(H2,22,23,25)/t13?,14?,15?,17-,21?/m0/s1. The van der Waals surface area contributed by atoms with Gasteiger partial charge in [0.1, 0.15) is 13.2 Å². The largest absolute Gasteiger partial charge is 0.486 e. The van der Waals surface area contributed by atoms with Gasteiger partial charge in [0, 0.05) is 12.1 Å². The highest BCUT2D eigenvalue weighted by molar-refractivity contribution is 5.75. The Kier molecular flexibility index (Phi) is 4.19. The molecule has 0 spiro atoms. The Hall–Kier alpha value is -1.95. The first-order valence-electron chi connectivity index (χ1n) is 10.2. The summed E-state index contributed by atoms with van der Waals surface area (Å²) in [4.78, 5) is 12.5. The number of carbonyl (C=O) groups is 1. The Morgan fingerprint density at radius 2 is 1.70 bits per heavy atom. The van der Waals surface area contributed by atoms with Crippen LogP contribution in [0.4, 0.5) is 4.79 Å². The molecule has 1 aromatic rings. The summed E-state index contributed by atoms with van der Waals surface area (Å²) >= 11 is 0. The molecule has 0 unspecified atom stereocenters. The number of rotatable bonds is 4. The molecule has 146 valence electrons. The number of nitrogens with one attached hydrogen (secondary N) is 2. The van der Waals surface area contributed by atoms with Crippen molar-refractivity contribution in [3.05, 3.63) is 23.8 Å². The van der Waals surface area contributed by atoms with Crippen LogP contribution >= 0.6 is 0 Å². The van der Waals surface area contributed by atoms with E-state index in [0.29, 0.717) is 30.3 Å². The van der Waals surface area contributed by atoms with Gasteiger partial charge < -0.3 is 25.2 Å². The lowest BCUT2D eigenvalue weighted by molar-refractivity contribution is -0.0136. The van der Waals surface area contributed by atoms with Crippen molar-refractivity contribution in [3.8, 4) is 11.5 Å². The number of aliphatic hydroxyl groups is 1. The number of carbonyl (C=O) groups excluding carboxylic acids is 1. The maximum Gasteiger partial charge on any atom is 0.315 e. The lowest BCUT2D eigenvalue weighted by Gasteiger charge is -2.56. The molecule has 6 heteroatoms. The molecule has 4 bridgehead atoms. The van der Waals surface area contributed by atoms with Crippen molar-refractivity contribution in [1.82, 2.24) is 10.6 Å². The second kappa shape index (κ2) is 6.59. The van der Waals surface area contributed by atoms with Gasteiger partial charge in [0.05, 0.1) is 6.10 Å². The van der Waals surface area contributed by atoms with E-state index in [4.69, 9.17) is 9.47 Å². The lowest BCUT2D eigenvalue weighted by Crippen LogP contribution is -2.61. The fraction of sp³-hybridized carbons (Fsp3) is 0.667. The molecule has 6 rings (SSSR count). The minimum absolute atomic E-state index is 0.0131. The van der Waals surface area contributed by atoms with Crippen molar-refractivity contribution in [2.45, 2.75) is 50.2 Å². The summed E-state index contributed by atoms with van der Waals surface area (Å²) in [7, 11) is 0. The molecule has 1 heterocycles. The molecule has 0 radical (unpaired) electrons. The molecule has 4 aliphatic carbocycles. The lowest BCUT2D eigenvalue weighted by atomic mass is 9.53. The second-order valence-corrected chi connectivity index (χ2v) is 8.95. The zero-order valence-corrected chi connectivity index (χ0v) is 15.6. The summed E-state index contributed by atoms with van der Waals surface area (Å²) in [6.45, 7) is 1.23. The normalized spacial score (nSPS) is 34.2. The van der Waals surface area contributed by atoms with Crippen LogP contribution in [0, 0.1) is 17.8 Å². The van der Waals surface area contributed by atoms with Crippen molar-refractivity contribution < 1.29 is 19.4 Å². The molecular weight excluding hydrogens is 344 g/mol. The SMILES string of the molecule is O=C(NC[C@H](O)c1ccc2c(c1)OCCO2)NC12CC3CC(CC(C3)C1)C2. The molecule has 0 aromatic heterocycles. The number of ether oxygens (including phenoxy) is 2. The summed E-state index contributed by atoms with van der Waals surface area (Å²) in [5.74, 6) is 3.72. The maximum atomic E-state index is 12.5. The third-order valence-corrected chi connectivity index (χ3v) is 6.82. The highest BCUT2D eigenvalue weighted by Gasteiger charge is 2.51. The van der Waals surface area contributed by atoms with Crippen molar-refractivity contribution in [1.29, 1.82) is 0 Å². The number of urea groups is 1. The van der Waals surface area contributed by atoms with Crippen LogP contribution in [-0.4, -0.2) is 36.4 Å². The van der Waals surface area contributed by atoms with Gasteiger partial charge in [-0.2, -0.15) is 0 Å². The first-order valence-corrected chi connectivity index (χ1v) is 10.2. The molecule has 1 aliphatic heterocycles. The number of hydrogen-bond donors (Lipinski definition) is 3. The molecule has 5 aliphatic rings. The maximum absolute atomic E-state index is 12.5. The van der Waals surface area contributed by atoms with Gasteiger partial charge in [0.15, 0.2) is 11.5 Å².